The van der Waals surface area contributed by atoms with Gasteiger partial charge in [0.05, 0.1) is 0 Å². The monoisotopic (exact) mass is 308 g/mol. The molecule has 0 aromatic carbocycles. The molecule has 2 nitrogen and oxygen atoms in total. The molecule has 0 fully saturated rings. The van der Waals surface area contributed by atoms with Gasteiger partial charge in [-0.05, 0) is 49.9 Å². The molecule has 0 aliphatic carbocycles. The summed E-state index contributed by atoms with van der Waals surface area (Å²) in [5, 5.41) is 8.86. The van der Waals surface area contributed by atoms with Crippen molar-refractivity contribution in [1.82, 2.24) is 0 Å². The van der Waals surface area contributed by atoms with Crippen LogP contribution in [0.3, 0.4) is 0 Å². The maximum atomic E-state index is 10.8. The number of unbranched alkanes of at least 4 members (excludes halogenated alkanes) is 4. The van der Waals surface area contributed by atoms with Gasteiger partial charge < -0.3 is 5.11 Å². The molecule has 3 unspecified atom stereocenters. The first-order chi connectivity index (χ1) is 10.5. The van der Waals surface area contributed by atoms with Gasteiger partial charge in [-0.15, -0.1) is 6.58 Å². The van der Waals surface area contributed by atoms with E-state index in [1.54, 1.807) is 0 Å². The Kier molecular flexibility index (Phi) is 13.0. The summed E-state index contributed by atoms with van der Waals surface area (Å²) in [5.41, 5.74) is 0. The van der Waals surface area contributed by atoms with Gasteiger partial charge in [-0.25, -0.2) is 0 Å². The van der Waals surface area contributed by atoms with Crippen LogP contribution in [0, 0.1) is 17.8 Å². The van der Waals surface area contributed by atoms with Gasteiger partial charge in [0.15, 0.2) is 0 Å². The van der Waals surface area contributed by atoms with Gasteiger partial charge in [-0.2, -0.15) is 0 Å². The van der Waals surface area contributed by atoms with Gasteiger partial charge in [0.1, 0.15) is 0 Å². The second kappa shape index (κ2) is 13.6. The Morgan fingerprint density at radius 3 is 2.50 bits per heavy atom. The van der Waals surface area contributed by atoms with E-state index in [1.165, 1.54) is 32.1 Å². The minimum Gasteiger partial charge on any atom is -0.481 e. The molecule has 1 N–H and O–H groups in total. The minimum absolute atomic E-state index is 0.258. The second-order valence-electron chi connectivity index (χ2n) is 6.72. The van der Waals surface area contributed by atoms with E-state index < -0.39 is 5.97 Å². The van der Waals surface area contributed by atoms with Gasteiger partial charge in [-0.1, -0.05) is 58.3 Å². The summed E-state index contributed by atoms with van der Waals surface area (Å²) in [7, 11) is 0. The van der Waals surface area contributed by atoms with Gasteiger partial charge >= 0.3 is 5.97 Å². The Morgan fingerprint density at radius 1 is 1.18 bits per heavy atom. The highest BCUT2D eigenvalue weighted by atomic mass is 16.4. The fraction of sp³-hybridized carbons (Fsp3) is 0.750. The lowest BCUT2D eigenvalue weighted by Gasteiger charge is -2.21. The molecule has 0 saturated carbocycles. The third kappa shape index (κ3) is 11.6. The zero-order valence-corrected chi connectivity index (χ0v) is 14.9. The average Bonchev–Trinajstić information content (AvgIpc) is 2.45. The minimum atomic E-state index is -0.686. The standard InChI is InChI=1S/C20H36O2/c1-5-7-8-9-10-11-13-19(18(4)12-6-2)15-14-17(3)16-20(21)22/h6,11,13,17-19H,2,5,7-10,12,14-16H2,1,3-4H3,(H,21,22)/b13-11+. The van der Waals surface area contributed by atoms with Crippen molar-refractivity contribution in [3.8, 4) is 0 Å². The summed E-state index contributed by atoms with van der Waals surface area (Å²) in [6.07, 6.45) is 16.5. The number of hydrogen-bond acceptors (Lipinski definition) is 1. The van der Waals surface area contributed by atoms with Crippen LogP contribution < -0.4 is 0 Å². The summed E-state index contributed by atoms with van der Waals surface area (Å²) >= 11 is 0. The summed E-state index contributed by atoms with van der Waals surface area (Å²) in [4.78, 5) is 10.8. The van der Waals surface area contributed by atoms with Crippen LogP contribution in [0.25, 0.3) is 0 Å². The van der Waals surface area contributed by atoms with Gasteiger partial charge in [0.25, 0.3) is 0 Å². The molecule has 3 atom stereocenters. The lowest BCUT2D eigenvalue weighted by molar-refractivity contribution is -0.138. The normalized spacial score (nSPS) is 15.6. The van der Waals surface area contributed by atoms with E-state index >= 15 is 0 Å². The number of hydrogen-bond donors (Lipinski definition) is 1. The topological polar surface area (TPSA) is 37.3 Å². The Bertz CT molecular complexity index is 320. The van der Waals surface area contributed by atoms with Crippen LogP contribution in [0.15, 0.2) is 24.8 Å². The molecule has 0 aliphatic rings. The number of rotatable bonds is 14. The summed E-state index contributed by atoms with van der Waals surface area (Å²) in [5.74, 6) is 0.699. The van der Waals surface area contributed by atoms with E-state index in [0.717, 1.165) is 19.3 Å². The molecular weight excluding hydrogens is 272 g/mol. The average molecular weight is 309 g/mol. The molecule has 0 spiro atoms. The first-order valence-corrected chi connectivity index (χ1v) is 9.00. The zero-order valence-electron chi connectivity index (χ0n) is 14.9. The highest BCUT2D eigenvalue weighted by Crippen LogP contribution is 2.26. The van der Waals surface area contributed by atoms with Crippen molar-refractivity contribution < 1.29 is 9.90 Å². The first kappa shape index (κ1) is 20.9. The SMILES string of the molecule is C=CCC(C)C(/C=C/CCCCCC)CCC(C)CC(=O)O. The maximum absolute atomic E-state index is 10.8. The first-order valence-electron chi connectivity index (χ1n) is 9.00. The molecule has 0 aromatic heterocycles. The molecule has 0 radical (unpaired) electrons. The van der Waals surface area contributed by atoms with Gasteiger partial charge in [0.2, 0.25) is 0 Å². The van der Waals surface area contributed by atoms with Crippen molar-refractivity contribution in [2.45, 2.75) is 78.6 Å². The quantitative estimate of drug-likeness (QED) is 0.305. The Labute approximate surface area is 137 Å². The van der Waals surface area contributed by atoms with Crippen LogP contribution in [0.2, 0.25) is 0 Å². The van der Waals surface area contributed by atoms with E-state index in [2.05, 4.69) is 32.6 Å². The largest absolute Gasteiger partial charge is 0.481 e. The van der Waals surface area contributed by atoms with Crippen LogP contribution in [0.1, 0.15) is 78.6 Å². The molecule has 22 heavy (non-hydrogen) atoms. The van der Waals surface area contributed by atoms with Gasteiger partial charge in [-0.3, -0.25) is 4.79 Å². The molecule has 0 aliphatic heterocycles. The molecule has 0 bridgehead atoms. The third-order valence-corrected chi connectivity index (χ3v) is 4.39. The van der Waals surface area contributed by atoms with Crippen LogP contribution in [0.5, 0.6) is 0 Å². The fourth-order valence-corrected chi connectivity index (χ4v) is 2.85. The van der Waals surface area contributed by atoms with Crippen LogP contribution in [-0.2, 0) is 4.79 Å². The van der Waals surface area contributed by atoms with Crippen molar-refractivity contribution in [1.29, 1.82) is 0 Å². The molecule has 0 amide bonds. The highest BCUT2D eigenvalue weighted by molar-refractivity contribution is 5.66. The summed E-state index contributed by atoms with van der Waals surface area (Å²) < 4.78 is 0. The molecule has 2 heteroatoms. The Morgan fingerprint density at radius 2 is 1.91 bits per heavy atom. The number of carboxylic acids is 1. The second-order valence-corrected chi connectivity index (χ2v) is 6.72. The van der Waals surface area contributed by atoms with Crippen molar-refractivity contribution in [3.05, 3.63) is 24.8 Å². The molecular formula is C20H36O2. The van der Waals surface area contributed by atoms with E-state index in [1.807, 2.05) is 13.0 Å². The van der Waals surface area contributed by atoms with Crippen molar-refractivity contribution in [2.24, 2.45) is 17.8 Å². The molecule has 0 saturated heterocycles. The Hall–Kier alpha value is -1.05. The van der Waals surface area contributed by atoms with Crippen molar-refractivity contribution >= 4 is 5.97 Å². The smallest absolute Gasteiger partial charge is 0.303 e. The van der Waals surface area contributed by atoms with Crippen molar-refractivity contribution in [2.75, 3.05) is 0 Å². The fourth-order valence-electron chi connectivity index (χ4n) is 2.85. The van der Waals surface area contributed by atoms with Crippen molar-refractivity contribution in [3.63, 3.8) is 0 Å². The highest BCUT2D eigenvalue weighted by Gasteiger charge is 2.15. The molecule has 0 heterocycles. The van der Waals surface area contributed by atoms with E-state index in [-0.39, 0.29) is 12.3 Å². The van der Waals surface area contributed by atoms with Crippen LogP contribution in [0.4, 0.5) is 0 Å². The number of carboxylic acid groups (broad SMARTS) is 1. The molecule has 0 rings (SSSR count). The van der Waals surface area contributed by atoms with E-state index in [9.17, 15) is 4.79 Å². The lowest BCUT2D eigenvalue weighted by atomic mass is 9.84. The molecule has 0 aromatic rings. The summed E-state index contributed by atoms with van der Waals surface area (Å²) in [6, 6.07) is 0. The van der Waals surface area contributed by atoms with Crippen LogP contribution in [-0.4, -0.2) is 11.1 Å². The zero-order chi connectivity index (χ0) is 16.8. The van der Waals surface area contributed by atoms with E-state index in [4.69, 9.17) is 5.11 Å². The molecule has 128 valence electrons. The Balaban J connectivity index is 4.27. The third-order valence-electron chi connectivity index (χ3n) is 4.39. The maximum Gasteiger partial charge on any atom is 0.303 e. The predicted molar refractivity (Wildman–Crippen MR) is 96.0 cm³/mol. The lowest BCUT2D eigenvalue weighted by Crippen LogP contribution is -2.12. The van der Waals surface area contributed by atoms with Crippen LogP contribution >= 0.6 is 0 Å². The van der Waals surface area contributed by atoms with Gasteiger partial charge in [0, 0.05) is 6.42 Å². The number of aliphatic carboxylic acids is 1. The summed E-state index contributed by atoms with van der Waals surface area (Å²) in [6.45, 7) is 10.4. The predicted octanol–water partition coefficient (Wildman–Crippen LogP) is 6.23. The number of carbonyl (C=O) groups is 1. The van der Waals surface area contributed by atoms with E-state index in [0.29, 0.717) is 11.8 Å². The number of allylic oxidation sites excluding steroid dienone is 3.